The average molecular weight is 200 g/mol. The van der Waals surface area contributed by atoms with Gasteiger partial charge in [0, 0.05) is 6.07 Å². The Labute approximate surface area is 80.9 Å². The van der Waals surface area contributed by atoms with Crippen molar-refractivity contribution in [2.75, 3.05) is 6.61 Å². The third kappa shape index (κ3) is 2.36. The highest BCUT2D eigenvalue weighted by Gasteiger charge is 2.11. The van der Waals surface area contributed by atoms with E-state index in [0.29, 0.717) is 0 Å². The molecule has 0 amide bonds. The van der Waals surface area contributed by atoms with E-state index in [0.717, 1.165) is 0 Å². The van der Waals surface area contributed by atoms with Crippen LogP contribution in [0.3, 0.4) is 0 Å². The van der Waals surface area contributed by atoms with Crippen molar-refractivity contribution < 1.29 is 14.6 Å². The van der Waals surface area contributed by atoms with Crippen LogP contribution >= 0.6 is 11.6 Å². The molecule has 0 aromatic heterocycles. The van der Waals surface area contributed by atoms with E-state index in [1.807, 2.05) is 0 Å². The van der Waals surface area contributed by atoms with Gasteiger partial charge in [-0.2, -0.15) is 0 Å². The molecule has 13 heavy (non-hydrogen) atoms. The van der Waals surface area contributed by atoms with Crippen molar-refractivity contribution in [2.45, 2.75) is 6.92 Å². The van der Waals surface area contributed by atoms with Crippen LogP contribution in [0.5, 0.6) is 5.75 Å². The number of benzene rings is 1. The summed E-state index contributed by atoms with van der Waals surface area (Å²) in [4.78, 5) is 11.2. The fraction of sp³-hybridized carbons (Fsp3) is 0.222. The number of halogens is 1. The summed E-state index contributed by atoms with van der Waals surface area (Å²) in [5, 5.41) is 10.9. The molecule has 1 rings (SSSR count). The maximum atomic E-state index is 11.2. The van der Waals surface area contributed by atoms with E-state index in [2.05, 4.69) is 0 Å². The first kappa shape index (κ1) is 9.86. The molecule has 0 atom stereocenters. The van der Waals surface area contributed by atoms with E-state index < -0.39 is 5.97 Å². The van der Waals surface area contributed by atoms with Gasteiger partial charge >= 0.3 is 5.97 Å². The highest BCUT2D eigenvalue weighted by atomic mass is 35.5. The Bertz CT molecular complexity index is 323. The van der Waals surface area contributed by atoms with Gasteiger partial charge in [-0.15, -0.1) is 0 Å². The van der Waals surface area contributed by atoms with Crippen molar-refractivity contribution in [3.8, 4) is 5.75 Å². The van der Waals surface area contributed by atoms with Crippen molar-refractivity contribution in [2.24, 2.45) is 0 Å². The van der Waals surface area contributed by atoms with E-state index >= 15 is 0 Å². The Hall–Kier alpha value is -1.22. The fourth-order valence-electron chi connectivity index (χ4n) is 0.870. The molecule has 0 saturated carbocycles. The molecule has 0 aliphatic rings. The third-order valence-electron chi connectivity index (χ3n) is 1.44. The molecule has 0 spiro atoms. The van der Waals surface area contributed by atoms with Crippen LogP contribution in [-0.2, 0) is 9.84 Å². The lowest BCUT2D eigenvalue weighted by Gasteiger charge is -2.02. The Morgan fingerprint density at radius 3 is 2.77 bits per heavy atom. The largest absolute Gasteiger partial charge is 0.462 e. The van der Waals surface area contributed by atoms with Gasteiger partial charge in [-0.1, -0.05) is 11.6 Å². The van der Waals surface area contributed by atoms with Crippen molar-refractivity contribution >= 4 is 17.6 Å². The summed E-state index contributed by atoms with van der Waals surface area (Å²) in [6, 6.07) is 3.83. The summed E-state index contributed by atoms with van der Waals surface area (Å²) >= 11 is 5.66. The smallest absolute Gasteiger partial charge is 0.339 e. The van der Waals surface area contributed by atoms with E-state index in [1.54, 1.807) is 6.92 Å². The summed E-state index contributed by atoms with van der Waals surface area (Å²) in [6.45, 7) is 1.99. The first-order chi connectivity index (χ1) is 6.15. The zero-order chi connectivity index (χ0) is 9.84. The summed E-state index contributed by atoms with van der Waals surface area (Å²) in [5.41, 5.74) is 0.225. The monoisotopic (exact) mass is 199 g/mol. The van der Waals surface area contributed by atoms with Crippen molar-refractivity contribution in [1.82, 2.24) is 0 Å². The second-order valence-electron chi connectivity index (χ2n) is 2.36. The van der Waals surface area contributed by atoms with E-state index in [9.17, 15) is 9.90 Å². The van der Waals surface area contributed by atoms with Crippen LogP contribution in [0.2, 0.25) is 5.02 Å². The quantitative estimate of drug-likeness (QED) is 0.688. The van der Waals surface area contributed by atoms with Crippen LogP contribution in [0.15, 0.2) is 18.2 Å². The molecule has 1 radical (unpaired) electrons. The standard InChI is InChI=1S/C9H8ClO3/c1-2-13-9(12)7-4-3-6(11)5-8(7)10/h3-5H,2H2,1H3. The zero-order valence-electron chi connectivity index (χ0n) is 7.04. The normalized spacial score (nSPS) is 9.69. The maximum absolute atomic E-state index is 11.2. The van der Waals surface area contributed by atoms with Gasteiger partial charge in [0.05, 0.1) is 17.2 Å². The van der Waals surface area contributed by atoms with E-state index in [1.165, 1.54) is 18.2 Å². The molecule has 0 aliphatic carbocycles. The predicted octanol–water partition coefficient (Wildman–Crippen LogP) is 2.66. The highest BCUT2D eigenvalue weighted by Crippen LogP contribution is 2.22. The molecule has 4 heteroatoms. The summed E-state index contributed by atoms with van der Waals surface area (Å²) < 4.78 is 4.72. The number of hydrogen-bond acceptors (Lipinski definition) is 2. The summed E-state index contributed by atoms with van der Waals surface area (Å²) in [7, 11) is 0. The number of esters is 1. The number of ether oxygens (including phenoxy) is 1. The van der Waals surface area contributed by atoms with Crippen LogP contribution < -0.4 is 0 Å². The molecule has 0 aliphatic heterocycles. The Kier molecular flexibility index (Phi) is 3.14. The molecular formula is C9H8ClO3. The van der Waals surface area contributed by atoms with Gasteiger partial charge < -0.3 is 4.74 Å². The second kappa shape index (κ2) is 4.14. The molecule has 0 saturated heterocycles. The topological polar surface area (TPSA) is 46.2 Å². The lowest BCUT2D eigenvalue weighted by atomic mass is 10.2. The molecule has 1 aromatic rings. The fourth-order valence-corrected chi connectivity index (χ4v) is 1.12. The minimum Gasteiger partial charge on any atom is -0.462 e. The van der Waals surface area contributed by atoms with Crippen LogP contribution in [0.1, 0.15) is 17.3 Å². The molecular weight excluding hydrogens is 192 g/mol. The maximum Gasteiger partial charge on any atom is 0.339 e. The first-order valence-electron chi connectivity index (χ1n) is 3.79. The number of hydrogen-bond donors (Lipinski definition) is 0. The Morgan fingerprint density at radius 2 is 2.23 bits per heavy atom. The SMILES string of the molecule is CCOC(=O)c1ccc([O])cc1Cl. The van der Waals surface area contributed by atoms with Crippen LogP contribution in [0.25, 0.3) is 0 Å². The Balaban J connectivity index is 2.95. The number of carbonyl (C=O) groups excluding carboxylic acids is 1. The first-order valence-corrected chi connectivity index (χ1v) is 4.16. The van der Waals surface area contributed by atoms with Gasteiger partial charge in [0.25, 0.3) is 0 Å². The molecule has 1 aromatic carbocycles. The van der Waals surface area contributed by atoms with Gasteiger partial charge in [-0.3, -0.25) is 5.11 Å². The van der Waals surface area contributed by atoms with Gasteiger partial charge in [-0.05, 0) is 19.1 Å². The van der Waals surface area contributed by atoms with Crippen LogP contribution in [0.4, 0.5) is 0 Å². The van der Waals surface area contributed by atoms with Crippen molar-refractivity contribution in [3.05, 3.63) is 28.8 Å². The van der Waals surface area contributed by atoms with Gasteiger partial charge in [0.1, 0.15) is 0 Å². The predicted molar refractivity (Wildman–Crippen MR) is 47.5 cm³/mol. The second-order valence-corrected chi connectivity index (χ2v) is 2.77. The zero-order valence-corrected chi connectivity index (χ0v) is 7.80. The van der Waals surface area contributed by atoms with Crippen molar-refractivity contribution in [3.63, 3.8) is 0 Å². The minimum absolute atomic E-state index is 0.131. The molecule has 0 heterocycles. The van der Waals surface area contributed by atoms with E-state index in [-0.39, 0.29) is 22.9 Å². The highest BCUT2D eigenvalue weighted by molar-refractivity contribution is 6.33. The third-order valence-corrected chi connectivity index (χ3v) is 1.75. The van der Waals surface area contributed by atoms with E-state index in [4.69, 9.17) is 16.3 Å². The van der Waals surface area contributed by atoms with Crippen LogP contribution in [0, 0.1) is 0 Å². The van der Waals surface area contributed by atoms with Gasteiger partial charge in [-0.25, -0.2) is 4.79 Å². The molecule has 0 N–H and O–H groups in total. The van der Waals surface area contributed by atoms with Gasteiger partial charge in [0.15, 0.2) is 5.75 Å². The Morgan fingerprint density at radius 1 is 1.54 bits per heavy atom. The summed E-state index contributed by atoms with van der Waals surface area (Å²) in [6.07, 6.45) is 0. The minimum atomic E-state index is -0.507. The lowest BCUT2D eigenvalue weighted by Crippen LogP contribution is -2.04. The van der Waals surface area contributed by atoms with Crippen LogP contribution in [-0.4, -0.2) is 12.6 Å². The van der Waals surface area contributed by atoms with Crippen molar-refractivity contribution in [1.29, 1.82) is 0 Å². The van der Waals surface area contributed by atoms with Gasteiger partial charge in [0.2, 0.25) is 0 Å². The molecule has 69 valence electrons. The average Bonchev–Trinajstić information content (AvgIpc) is 2.04. The number of carbonyl (C=O) groups is 1. The summed E-state index contributed by atoms with van der Waals surface area (Å²) in [5.74, 6) is -0.731. The molecule has 0 fully saturated rings. The molecule has 0 unspecified atom stereocenters. The molecule has 0 bridgehead atoms. The lowest BCUT2D eigenvalue weighted by molar-refractivity contribution is 0.0526. The molecule has 3 nitrogen and oxygen atoms in total. The number of rotatable bonds is 2.